The predicted octanol–water partition coefficient (Wildman–Crippen LogP) is 3.18. The van der Waals surface area contributed by atoms with E-state index in [1.54, 1.807) is 7.05 Å². The van der Waals surface area contributed by atoms with Crippen LogP contribution in [0.1, 0.15) is 25.0 Å². The molecule has 1 aliphatic carbocycles. The molecule has 0 spiro atoms. The maximum Gasteiger partial charge on any atom is 0.204 e. The van der Waals surface area contributed by atoms with Crippen LogP contribution in [0.5, 0.6) is 0 Å². The van der Waals surface area contributed by atoms with Crippen molar-refractivity contribution in [3.05, 3.63) is 53.6 Å². The first-order valence-corrected chi connectivity index (χ1v) is 7.06. The molecule has 4 rings (SSSR count). The van der Waals surface area contributed by atoms with Gasteiger partial charge in [-0.15, -0.1) is 10.2 Å². The molecule has 0 atom stereocenters. The van der Waals surface area contributed by atoms with Gasteiger partial charge in [0.1, 0.15) is 0 Å². The van der Waals surface area contributed by atoms with Gasteiger partial charge in [0.15, 0.2) is 0 Å². The summed E-state index contributed by atoms with van der Waals surface area (Å²) in [6, 6.07) is 15.1. The Morgan fingerprint density at radius 1 is 0.952 bits per heavy atom. The van der Waals surface area contributed by atoms with Gasteiger partial charge in [0.05, 0.1) is 7.05 Å². The normalized spacial score (nSPS) is 14.8. The van der Waals surface area contributed by atoms with E-state index in [4.69, 9.17) is 0 Å². The van der Waals surface area contributed by atoms with E-state index in [1.165, 1.54) is 27.1 Å². The predicted molar refractivity (Wildman–Crippen MR) is 81.8 cm³/mol. The van der Waals surface area contributed by atoms with Gasteiger partial charge in [-0.2, -0.15) is 4.80 Å². The highest BCUT2D eigenvalue weighted by Crippen LogP contribution is 2.49. The van der Waals surface area contributed by atoms with Gasteiger partial charge in [-0.05, 0) is 33.5 Å². The Bertz CT molecular complexity index is 846. The molecule has 0 aliphatic heterocycles. The Morgan fingerprint density at radius 2 is 1.71 bits per heavy atom. The summed E-state index contributed by atoms with van der Waals surface area (Å²) in [7, 11) is 1.78. The summed E-state index contributed by atoms with van der Waals surface area (Å²) in [5.41, 5.74) is 6.37. The van der Waals surface area contributed by atoms with Gasteiger partial charge < -0.3 is 0 Å². The molecule has 21 heavy (non-hydrogen) atoms. The third-order valence-electron chi connectivity index (χ3n) is 4.35. The number of hydrogen-bond donors (Lipinski definition) is 0. The second-order valence-corrected chi connectivity index (χ2v) is 6.03. The topological polar surface area (TPSA) is 43.6 Å². The SMILES string of the molecule is Cn1nnc(-c2ccc3c(c2)C(C)(C)c2ccccc2-3)n1. The Morgan fingerprint density at radius 3 is 2.48 bits per heavy atom. The first kappa shape index (κ1) is 12.3. The second kappa shape index (κ2) is 4.01. The number of hydrogen-bond acceptors (Lipinski definition) is 3. The highest BCUT2D eigenvalue weighted by atomic mass is 15.6. The minimum absolute atomic E-state index is 0.00411. The maximum absolute atomic E-state index is 4.30. The lowest BCUT2D eigenvalue weighted by Crippen LogP contribution is -2.14. The van der Waals surface area contributed by atoms with Crippen molar-refractivity contribution < 1.29 is 0 Å². The van der Waals surface area contributed by atoms with Crippen LogP contribution in [0.15, 0.2) is 42.5 Å². The van der Waals surface area contributed by atoms with Crippen molar-refractivity contribution in [2.75, 3.05) is 0 Å². The number of nitrogens with zero attached hydrogens (tertiary/aromatic N) is 4. The smallest absolute Gasteiger partial charge is 0.167 e. The summed E-state index contributed by atoms with van der Waals surface area (Å²) in [6.45, 7) is 4.54. The maximum atomic E-state index is 4.30. The minimum atomic E-state index is 0.00411. The molecule has 0 saturated heterocycles. The third-order valence-corrected chi connectivity index (χ3v) is 4.35. The highest BCUT2D eigenvalue weighted by Gasteiger charge is 2.35. The van der Waals surface area contributed by atoms with E-state index in [-0.39, 0.29) is 5.41 Å². The Kier molecular flexibility index (Phi) is 2.34. The van der Waals surface area contributed by atoms with Crippen LogP contribution in [0, 0.1) is 0 Å². The number of fused-ring (bicyclic) bond motifs is 3. The average Bonchev–Trinajstić information content (AvgIpc) is 3.01. The molecular formula is C17H16N4. The third kappa shape index (κ3) is 1.65. The van der Waals surface area contributed by atoms with E-state index in [9.17, 15) is 0 Å². The summed E-state index contributed by atoms with van der Waals surface area (Å²) < 4.78 is 0. The van der Waals surface area contributed by atoms with Crippen LogP contribution in [0.2, 0.25) is 0 Å². The molecule has 0 saturated carbocycles. The van der Waals surface area contributed by atoms with E-state index >= 15 is 0 Å². The van der Waals surface area contributed by atoms with Crippen LogP contribution >= 0.6 is 0 Å². The lowest BCUT2D eigenvalue weighted by atomic mass is 9.82. The first-order valence-electron chi connectivity index (χ1n) is 7.06. The average molecular weight is 276 g/mol. The van der Waals surface area contributed by atoms with Gasteiger partial charge in [-0.1, -0.05) is 50.2 Å². The molecule has 0 N–H and O–H groups in total. The molecular weight excluding hydrogens is 260 g/mol. The van der Waals surface area contributed by atoms with E-state index < -0.39 is 0 Å². The van der Waals surface area contributed by atoms with E-state index in [1.807, 2.05) is 0 Å². The van der Waals surface area contributed by atoms with Crippen molar-refractivity contribution in [2.45, 2.75) is 19.3 Å². The zero-order valence-electron chi connectivity index (χ0n) is 12.3. The molecule has 1 aromatic heterocycles. The molecule has 0 radical (unpaired) electrons. The molecule has 1 heterocycles. The van der Waals surface area contributed by atoms with Crippen LogP contribution in [0.25, 0.3) is 22.5 Å². The van der Waals surface area contributed by atoms with Gasteiger partial charge in [0.25, 0.3) is 0 Å². The number of rotatable bonds is 1. The standard InChI is InChI=1S/C17H16N4/c1-17(2)14-7-5-4-6-12(14)13-9-8-11(10-15(13)17)16-18-20-21(3)19-16/h4-10H,1-3H3. The fourth-order valence-electron chi connectivity index (χ4n) is 3.24. The first-order chi connectivity index (χ1) is 10.1. The van der Waals surface area contributed by atoms with E-state index in [2.05, 4.69) is 71.7 Å². The highest BCUT2D eigenvalue weighted by molar-refractivity contribution is 5.82. The van der Waals surface area contributed by atoms with Crippen molar-refractivity contribution in [3.8, 4) is 22.5 Å². The Hall–Kier alpha value is -2.49. The van der Waals surface area contributed by atoms with Crippen molar-refractivity contribution >= 4 is 0 Å². The quantitative estimate of drug-likeness (QED) is 0.685. The minimum Gasteiger partial charge on any atom is -0.167 e. The number of aryl methyl sites for hydroxylation is 1. The van der Waals surface area contributed by atoms with Gasteiger partial charge >= 0.3 is 0 Å². The molecule has 4 heteroatoms. The van der Waals surface area contributed by atoms with Crippen LogP contribution in [0.3, 0.4) is 0 Å². The lowest BCUT2D eigenvalue weighted by molar-refractivity contribution is 0.630. The number of benzene rings is 2. The molecule has 2 aromatic carbocycles. The molecule has 4 nitrogen and oxygen atoms in total. The molecule has 1 aliphatic rings. The summed E-state index contributed by atoms with van der Waals surface area (Å²) in [5.74, 6) is 0.673. The zero-order chi connectivity index (χ0) is 14.6. The molecule has 104 valence electrons. The monoisotopic (exact) mass is 276 g/mol. The Balaban J connectivity index is 1.93. The fourth-order valence-corrected chi connectivity index (χ4v) is 3.24. The van der Waals surface area contributed by atoms with Crippen molar-refractivity contribution in [1.82, 2.24) is 20.2 Å². The summed E-state index contributed by atoms with van der Waals surface area (Å²) in [6.07, 6.45) is 0. The number of aromatic nitrogens is 4. The molecule has 0 bridgehead atoms. The van der Waals surface area contributed by atoms with Crippen LogP contribution in [0.4, 0.5) is 0 Å². The van der Waals surface area contributed by atoms with Gasteiger partial charge in [0.2, 0.25) is 5.82 Å². The Labute approximate surface area is 123 Å². The molecule has 0 fully saturated rings. The zero-order valence-corrected chi connectivity index (χ0v) is 12.3. The summed E-state index contributed by atoms with van der Waals surface area (Å²) >= 11 is 0. The van der Waals surface area contributed by atoms with Crippen molar-refractivity contribution in [1.29, 1.82) is 0 Å². The van der Waals surface area contributed by atoms with Crippen LogP contribution in [-0.2, 0) is 12.5 Å². The molecule has 0 unspecified atom stereocenters. The van der Waals surface area contributed by atoms with E-state index in [0.717, 1.165) is 5.56 Å². The largest absolute Gasteiger partial charge is 0.204 e. The summed E-state index contributed by atoms with van der Waals surface area (Å²) in [4.78, 5) is 1.49. The second-order valence-electron chi connectivity index (χ2n) is 6.03. The van der Waals surface area contributed by atoms with Crippen LogP contribution in [-0.4, -0.2) is 20.2 Å². The van der Waals surface area contributed by atoms with Gasteiger partial charge in [-0.25, -0.2) is 0 Å². The van der Waals surface area contributed by atoms with E-state index in [0.29, 0.717) is 5.82 Å². The van der Waals surface area contributed by atoms with Crippen molar-refractivity contribution in [2.24, 2.45) is 7.05 Å². The van der Waals surface area contributed by atoms with Crippen LogP contribution < -0.4 is 0 Å². The fraction of sp³-hybridized carbons (Fsp3) is 0.235. The summed E-state index contributed by atoms with van der Waals surface area (Å²) in [5, 5.41) is 12.3. The lowest BCUT2D eigenvalue weighted by Gasteiger charge is -2.21. The van der Waals surface area contributed by atoms with Gasteiger partial charge in [0, 0.05) is 11.0 Å². The van der Waals surface area contributed by atoms with Gasteiger partial charge in [-0.3, -0.25) is 0 Å². The number of tetrazole rings is 1. The molecule has 0 amide bonds. The molecule has 3 aromatic rings. The van der Waals surface area contributed by atoms with Crippen molar-refractivity contribution in [3.63, 3.8) is 0 Å².